The number of nitrogens with zero attached hydrogens (tertiary/aromatic N) is 2. The zero-order chi connectivity index (χ0) is 17.7. The van der Waals surface area contributed by atoms with Gasteiger partial charge in [-0.05, 0) is 36.8 Å². The van der Waals surface area contributed by atoms with Gasteiger partial charge in [0.1, 0.15) is 0 Å². The number of ether oxygens (including phenoxy) is 4. The summed E-state index contributed by atoms with van der Waals surface area (Å²) in [6.45, 7) is 2.92. The first-order valence-corrected chi connectivity index (χ1v) is 8.49. The van der Waals surface area contributed by atoms with Crippen LogP contribution in [0.5, 0.6) is 23.0 Å². The molecular formula is C19H16N2O5. The molecule has 0 bridgehead atoms. The second-order valence-corrected chi connectivity index (χ2v) is 6.20. The third-order valence-electron chi connectivity index (χ3n) is 4.53. The second kappa shape index (κ2) is 5.66. The van der Waals surface area contributed by atoms with E-state index in [1.165, 1.54) is 4.68 Å². The molecule has 3 aromatic rings. The Hall–Kier alpha value is -3.22. The van der Waals surface area contributed by atoms with Crippen LogP contribution in [0.15, 0.2) is 35.1 Å². The Morgan fingerprint density at radius 1 is 0.923 bits per heavy atom. The monoisotopic (exact) mass is 352 g/mol. The molecule has 3 heterocycles. The summed E-state index contributed by atoms with van der Waals surface area (Å²) in [4.78, 5) is 12.8. The molecule has 0 N–H and O–H groups in total. The maximum Gasteiger partial charge on any atom is 0.274 e. The summed E-state index contributed by atoms with van der Waals surface area (Å²) in [6, 6.07) is 9.22. The standard InChI is InChI=1S/C19H16N2O5/c1-2-5-21-19(22)13-8-17-16(25-10-26-17)7-12(13)18(20-21)11-3-4-14-15(6-11)24-9-23-14/h3-4,6-8H,2,5,9-10H2,1H3. The highest BCUT2D eigenvalue weighted by Gasteiger charge is 2.21. The quantitative estimate of drug-likeness (QED) is 0.722. The van der Waals surface area contributed by atoms with Crippen molar-refractivity contribution >= 4 is 10.8 Å². The van der Waals surface area contributed by atoms with Crippen molar-refractivity contribution < 1.29 is 18.9 Å². The molecular weight excluding hydrogens is 336 g/mol. The first-order chi connectivity index (χ1) is 12.7. The number of aromatic nitrogens is 2. The molecule has 0 amide bonds. The van der Waals surface area contributed by atoms with Crippen LogP contribution in [0.4, 0.5) is 0 Å². The van der Waals surface area contributed by atoms with Gasteiger partial charge < -0.3 is 18.9 Å². The Balaban J connectivity index is 1.80. The van der Waals surface area contributed by atoms with Crippen LogP contribution in [0.25, 0.3) is 22.0 Å². The average molecular weight is 352 g/mol. The molecule has 2 aliphatic heterocycles. The summed E-state index contributed by atoms with van der Waals surface area (Å²) in [5.41, 5.74) is 1.41. The van der Waals surface area contributed by atoms with Gasteiger partial charge in [0.25, 0.3) is 5.56 Å². The van der Waals surface area contributed by atoms with Crippen LogP contribution in [-0.4, -0.2) is 23.4 Å². The van der Waals surface area contributed by atoms with Gasteiger partial charge >= 0.3 is 0 Å². The number of rotatable bonds is 3. The smallest absolute Gasteiger partial charge is 0.274 e. The van der Waals surface area contributed by atoms with Crippen LogP contribution in [0.2, 0.25) is 0 Å². The van der Waals surface area contributed by atoms with Crippen LogP contribution in [-0.2, 0) is 6.54 Å². The van der Waals surface area contributed by atoms with Crippen LogP contribution in [0.1, 0.15) is 13.3 Å². The summed E-state index contributed by atoms with van der Waals surface area (Å²) < 4.78 is 23.3. The first kappa shape index (κ1) is 15.1. The average Bonchev–Trinajstić information content (AvgIpc) is 3.30. The predicted molar refractivity (Wildman–Crippen MR) is 94.0 cm³/mol. The topological polar surface area (TPSA) is 71.8 Å². The van der Waals surface area contributed by atoms with E-state index in [9.17, 15) is 4.79 Å². The third-order valence-corrected chi connectivity index (χ3v) is 4.53. The number of hydrogen-bond donors (Lipinski definition) is 0. The number of hydrogen-bond acceptors (Lipinski definition) is 6. The lowest BCUT2D eigenvalue weighted by atomic mass is 10.0. The molecule has 7 heteroatoms. The van der Waals surface area contributed by atoms with E-state index in [0.717, 1.165) is 17.4 Å². The summed E-state index contributed by atoms with van der Waals surface area (Å²) in [6.07, 6.45) is 0.809. The predicted octanol–water partition coefficient (Wildman–Crippen LogP) is 2.93. The first-order valence-electron chi connectivity index (χ1n) is 8.49. The van der Waals surface area contributed by atoms with E-state index in [0.29, 0.717) is 40.6 Å². The SMILES string of the molecule is CCCn1nc(-c2ccc3c(c2)OCO3)c2cc3c(cc2c1=O)OCO3. The summed E-state index contributed by atoms with van der Waals surface area (Å²) in [7, 11) is 0. The molecule has 2 aromatic carbocycles. The highest BCUT2D eigenvalue weighted by Crippen LogP contribution is 2.40. The van der Waals surface area contributed by atoms with Gasteiger partial charge in [0.2, 0.25) is 13.6 Å². The van der Waals surface area contributed by atoms with Gasteiger partial charge in [-0.15, -0.1) is 0 Å². The van der Waals surface area contributed by atoms with Gasteiger partial charge in [0, 0.05) is 17.5 Å². The van der Waals surface area contributed by atoms with E-state index >= 15 is 0 Å². The lowest BCUT2D eigenvalue weighted by Gasteiger charge is -2.12. The summed E-state index contributed by atoms with van der Waals surface area (Å²) >= 11 is 0. The molecule has 0 radical (unpaired) electrons. The van der Waals surface area contributed by atoms with E-state index in [1.54, 1.807) is 6.07 Å². The van der Waals surface area contributed by atoms with Gasteiger partial charge in [0.05, 0.1) is 11.1 Å². The molecule has 0 aliphatic carbocycles. The molecule has 0 unspecified atom stereocenters. The minimum Gasteiger partial charge on any atom is -0.454 e. The van der Waals surface area contributed by atoms with E-state index < -0.39 is 0 Å². The Morgan fingerprint density at radius 3 is 2.31 bits per heavy atom. The van der Waals surface area contributed by atoms with Gasteiger partial charge in [-0.2, -0.15) is 5.10 Å². The van der Waals surface area contributed by atoms with E-state index in [2.05, 4.69) is 5.10 Å². The molecule has 0 saturated carbocycles. The highest BCUT2D eigenvalue weighted by molar-refractivity contribution is 5.96. The lowest BCUT2D eigenvalue weighted by Crippen LogP contribution is -2.23. The zero-order valence-electron chi connectivity index (χ0n) is 14.2. The van der Waals surface area contributed by atoms with Crippen molar-refractivity contribution in [3.63, 3.8) is 0 Å². The Bertz CT molecular complexity index is 1090. The lowest BCUT2D eigenvalue weighted by molar-refractivity contribution is 0.173. The minimum absolute atomic E-state index is 0.135. The van der Waals surface area contributed by atoms with Crippen molar-refractivity contribution in [1.29, 1.82) is 0 Å². The zero-order valence-corrected chi connectivity index (χ0v) is 14.2. The fraction of sp³-hybridized carbons (Fsp3) is 0.263. The van der Waals surface area contributed by atoms with Gasteiger partial charge in [-0.3, -0.25) is 4.79 Å². The Labute approximate surface area is 148 Å². The fourth-order valence-electron chi connectivity index (χ4n) is 3.29. The van der Waals surface area contributed by atoms with Gasteiger partial charge in [0.15, 0.2) is 23.0 Å². The van der Waals surface area contributed by atoms with Crippen LogP contribution in [0.3, 0.4) is 0 Å². The minimum atomic E-state index is -0.135. The summed E-state index contributed by atoms with van der Waals surface area (Å²) in [5.74, 6) is 2.58. The van der Waals surface area contributed by atoms with Crippen LogP contribution >= 0.6 is 0 Å². The molecule has 0 saturated heterocycles. The molecule has 132 valence electrons. The van der Waals surface area contributed by atoms with Crippen molar-refractivity contribution in [3.8, 4) is 34.3 Å². The number of benzene rings is 2. The summed E-state index contributed by atoms with van der Waals surface area (Å²) in [5, 5.41) is 5.91. The van der Waals surface area contributed by atoms with Crippen LogP contribution in [0, 0.1) is 0 Å². The van der Waals surface area contributed by atoms with Crippen molar-refractivity contribution in [1.82, 2.24) is 9.78 Å². The molecule has 2 aliphatic rings. The van der Waals surface area contributed by atoms with Gasteiger partial charge in [-0.1, -0.05) is 6.92 Å². The molecule has 26 heavy (non-hydrogen) atoms. The molecule has 0 spiro atoms. The van der Waals surface area contributed by atoms with E-state index in [1.807, 2.05) is 31.2 Å². The molecule has 5 rings (SSSR count). The second-order valence-electron chi connectivity index (χ2n) is 6.20. The maximum atomic E-state index is 12.8. The molecule has 0 atom stereocenters. The molecule has 7 nitrogen and oxygen atoms in total. The van der Waals surface area contributed by atoms with Crippen molar-refractivity contribution in [2.24, 2.45) is 0 Å². The Morgan fingerprint density at radius 2 is 1.58 bits per heavy atom. The Kier molecular flexibility index (Phi) is 3.28. The molecule has 1 aromatic heterocycles. The van der Waals surface area contributed by atoms with Crippen molar-refractivity contribution in [3.05, 3.63) is 40.7 Å². The molecule has 0 fully saturated rings. The number of aryl methyl sites for hydroxylation is 1. The van der Waals surface area contributed by atoms with Crippen molar-refractivity contribution in [2.45, 2.75) is 19.9 Å². The van der Waals surface area contributed by atoms with Gasteiger partial charge in [-0.25, -0.2) is 4.68 Å². The third kappa shape index (κ3) is 2.20. The van der Waals surface area contributed by atoms with E-state index in [4.69, 9.17) is 18.9 Å². The largest absolute Gasteiger partial charge is 0.454 e. The number of fused-ring (bicyclic) bond motifs is 3. The van der Waals surface area contributed by atoms with E-state index in [-0.39, 0.29) is 19.1 Å². The maximum absolute atomic E-state index is 12.8. The normalized spacial score (nSPS) is 14.2. The fourth-order valence-corrected chi connectivity index (χ4v) is 3.29. The van der Waals surface area contributed by atoms with Crippen LogP contribution < -0.4 is 24.5 Å². The highest BCUT2D eigenvalue weighted by atomic mass is 16.7. The van der Waals surface area contributed by atoms with Crippen molar-refractivity contribution in [2.75, 3.05) is 13.6 Å².